The fourth-order valence-electron chi connectivity index (χ4n) is 8.30. The number of rotatable bonds is 2. The summed E-state index contributed by atoms with van der Waals surface area (Å²) in [7, 11) is 0. The van der Waals surface area contributed by atoms with Gasteiger partial charge >= 0.3 is 0 Å². The first-order chi connectivity index (χ1) is 10.7. The van der Waals surface area contributed by atoms with Crippen LogP contribution in [0.25, 0.3) is 0 Å². The molecule has 0 N–H and O–H groups in total. The molecule has 0 aromatic heterocycles. The third kappa shape index (κ3) is 1.92. The molecule has 4 bridgehead atoms. The zero-order chi connectivity index (χ0) is 16.7. The molecule has 8 unspecified atom stereocenters. The van der Waals surface area contributed by atoms with Gasteiger partial charge in [-0.3, -0.25) is 5.26 Å². The van der Waals surface area contributed by atoms with Gasteiger partial charge in [0.1, 0.15) is 0 Å². The third-order valence-electron chi connectivity index (χ3n) is 10.3. The van der Waals surface area contributed by atoms with Gasteiger partial charge in [0, 0.05) is 0 Å². The Balaban J connectivity index is 1.54. The van der Waals surface area contributed by atoms with E-state index in [2.05, 4.69) is 47.5 Å². The maximum absolute atomic E-state index is 10.1. The molecule has 6 rings (SSSR count). The quantitative estimate of drug-likeness (QED) is 0.624. The lowest BCUT2D eigenvalue weighted by molar-refractivity contribution is -0.107. The van der Waals surface area contributed by atoms with Crippen molar-refractivity contribution >= 4 is 6.71 Å². The van der Waals surface area contributed by atoms with E-state index in [1.165, 1.54) is 25.7 Å². The van der Waals surface area contributed by atoms with Crippen molar-refractivity contribution in [1.29, 1.82) is 5.26 Å². The zero-order valence-corrected chi connectivity index (χ0v) is 16.1. The van der Waals surface area contributed by atoms with Crippen LogP contribution < -0.4 is 0 Å². The van der Waals surface area contributed by atoms with Crippen LogP contribution in [0.5, 0.6) is 0 Å². The molecule has 0 amide bonds. The van der Waals surface area contributed by atoms with Crippen molar-refractivity contribution in [2.24, 2.45) is 46.3 Å². The summed E-state index contributed by atoms with van der Waals surface area (Å²) in [6, 6.07) is 0. The molecule has 6 aliphatic carbocycles. The standard InChI is InChI=1S/C21H35BN/c1-12-16-7-14(20(16,3)4)9-18(12)22(11-23)19-10-15-8-17(13(19)2)21(15,5)6/h12-19,22H,7-10H2,1-6H3/q-1. The Morgan fingerprint density at radius 3 is 1.43 bits per heavy atom. The smallest absolute Gasteiger partial charge is 0.0964 e. The summed E-state index contributed by atoms with van der Waals surface area (Å²) >= 11 is 0. The molecule has 0 aromatic rings. The molecule has 6 saturated carbocycles. The van der Waals surface area contributed by atoms with Crippen molar-refractivity contribution in [1.82, 2.24) is 0 Å². The third-order valence-corrected chi connectivity index (χ3v) is 10.3. The lowest BCUT2D eigenvalue weighted by Crippen LogP contribution is -2.59. The van der Waals surface area contributed by atoms with E-state index in [-0.39, 0.29) is 0 Å². The summed E-state index contributed by atoms with van der Waals surface area (Å²) in [6.07, 6.45) is 5.61. The van der Waals surface area contributed by atoms with Gasteiger partial charge in [-0.15, -0.1) is 0 Å². The fraction of sp³-hybridized carbons (Fsp3) is 0.952. The largest absolute Gasteiger partial charge is 0.250 e. The molecule has 2 heteroatoms. The van der Waals surface area contributed by atoms with Crippen LogP contribution in [0.4, 0.5) is 0 Å². The Hall–Kier alpha value is -0.445. The van der Waals surface area contributed by atoms with Gasteiger partial charge in [-0.2, -0.15) is 17.6 Å². The van der Waals surface area contributed by atoms with Crippen LogP contribution in [-0.2, 0) is 0 Å². The molecular formula is C21H35BN-. The molecule has 0 saturated heterocycles. The van der Waals surface area contributed by atoms with Crippen LogP contribution in [0.3, 0.4) is 0 Å². The Morgan fingerprint density at radius 1 is 0.783 bits per heavy atom. The predicted octanol–water partition coefficient (Wildman–Crippen LogP) is 5.42. The SMILES string of the molecule is CC1C([BH-](C#N)C2CC3CC(C2C)C3(C)C)CC2CC1C2(C)C. The van der Waals surface area contributed by atoms with Gasteiger partial charge in [0.2, 0.25) is 0 Å². The molecule has 0 aliphatic heterocycles. The molecule has 1 nitrogen and oxygen atoms in total. The minimum atomic E-state index is -0.662. The van der Waals surface area contributed by atoms with Crippen molar-refractivity contribution in [3.8, 4) is 5.97 Å². The van der Waals surface area contributed by atoms with Crippen molar-refractivity contribution in [2.45, 2.75) is 78.9 Å². The first-order valence-corrected chi connectivity index (χ1v) is 10.3. The lowest BCUT2D eigenvalue weighted by Gasteiger charge is -2.68. The molecule has 8 atom stereocenters. The average Bonchev–Trinajstić information content (AvgIpc) is 2.49. The first kappa shape index (κ1) is 16.0. The Morgan fingerprint density at radius 2 is 1.17 bits per heavy atom. The molecule has 6 aliphatic rings. The van der Waals surface area contributed by atoms with E-state index < -0.39 is 6.71 Å². The number of hydrogen-bond acceptors (Lipinski definition) is 1. The van der Waals surface area contributed by atoms with Gasteiger partial charge in [0.25, 0.3) is 0 Å². The topological polar surface area (TPSA) is 23.8 Å². The molecule has 0 aromatic carbocycles. The number of fused-ring (bicyclic) bond motifs is 4. The van der Waals surface area contributed by atoms with Gasteiger partial charge in [-0.1, -0.05) is 66.2 Å². The first-order valence-electron chi connectivity index (χ1n) is 10.3. The van der Waals surface area contributed by atoms with E-state index in [4.69, 9.17) is 0 Å². The van der Waals surface area contributed by atoms with Gasteiger partial charge in [-0.25, -0.2) is 0 Å². The highest BCUT2D eigenvalue weighted by Gasteiger charge is 2.59. The van der Waals surface area contributed by atoms with Crippen molar-refractivity contribution < 1.29 is 0 Å². The van der Waals surface area contributed by atoms with Crippen LogP contribution in [0.1, 0.15) is 67.2 Å². The summed E-state index contributed by atoms with van der Waals surface area (Å²) in [6.45, 7) is 14.2. The highest BCUT2D eigenvalue weighted by molar-refractivity contribution is 6.70. The summed E-state index contributed by atoms with van der Waals surface area (Å²) in [4.78, 5) is 0. The second kappa shape index (κ2) is 4.80. The monoisotopic (exact) mass is 312 g/mol. The minimum Gasteiger partial charge on any atom is -0.250 e. The van der Waals surface area contributed by atoms with Crippen LogP contribution in [-0.4, -0.2) is 6.71 Å². The molecule has 128 valence electrons. The van der Waals surface area contributed by atoms with Gasteiger partial charge in [0.05, 0.1) is 6.71 Å². The van der Waals surface area contributed by atoms with Gasteiger partial charge in [-0.05, 0) is 47.3 Å². The summed E-state index contributed by atoms with van der Waals surface area (Å²) in [5.74, 6) is 9.59. The molecular weight excluding hydrogens is 277 g/mol. The Labute approximate surface area is 143 Å². The maximum Gasteiger partial charge on any atom is 0.0964 e. The van der Waals surface area contributed by atoms with Crippen LogP contribution in [0.2, 0.25) is 11.6 Å². The number of hydrogen-bond donors (Lipinski definition) is 0. The Bertz CT molecular complexity index is 503. The molecule has 6 fully saturated rings. The predicted molar refractivity (Wildman–Crippen MR) is 98.6 cm³/mol. The average molecular weight is 312 g/mol. The van der Waals surface area contributed by atoms with E-state index in [1.807, 2.05) is 0 Å². The van der Waals surface area contributed by atoms with Crippen molar-refractivity contribution in [2.75, 3.05) is 0 Å². The van der Waals surface area contributed by atoms with Crippen molar-refractivity contribution in [3.63, 3.8) is 0 Å². The highest BCUT2D eigenvalue weighted by atomic mass is 14.6. The Kier molecular flexibility index (Phi) is 3.35. The van der Waals surface area contributed by atoms with E-state index in [0.717, 1.165) is 47.1 Å². The van der Waals surface area contributed by atoms with E-state index in [0.29, 0.717) is 10.8 Å². The molecule has 0 heterocycles. The highest BCUT2D eigenvalue weighted by Crippen LogP contribution is 2.69. The molecule has 0 spiro atoms. The van der Waals surface area contributed by atoms with E-state index in [9.17, 15) is 5.26 Å². The summed E-state index contributed by atoms with van der Waals surface area (Å²) in [5.41, 5.74) is 1.11. The van der Waals surface area contributed by atoms with Crippen molar-refractivity contribution in [3.05, 3.63) is 0 Å². The van der Waals surface area contributed by atoms with Crippen LogP contribution in [0, 0.1) is 57.6 Å². The van der Waals surface area contributed by atoms with Crippen LogP contribution >= 0.6 is 0 Å². The summed E-state index contributed by atoms with van der Waals surface area (Å²) in [5, 5.41) is 10.1. The number of nitrogens with zero attached hydrogens (tertiary/aromatic N) is 1. The molecule has 0 radical (unpaired) electrons. The second-order valence-electron chi connectivity index (χ2n) is 11.2. The normalized spacial score (nSPS) is 53.4. The lowest BCUT2D eigenvalue weighted by atomic mass is 9.22. The number of nitriles is 1. The van der Waals surface area contributed by atoms with E-state index >= 15 is 0 Å². The molecule has 23 heavy (non-hydrogen) atoms. The summed E-state index contributed by atoms with van der Waals surface area (Å²) < 4.78 is 0. The van der Waals surface area contributed by atoms with Crippen LogP contribution in [0.15, 0.2) is 0 Å². The zero-order valence-electron chi connectivity index (χ0n) is 16.1. The van der Waals surface area contributed by atoms with E-state index in [1.54, 1.807) is 0 Å². The maximum atomic E-state index is 10.1. The van der Waals surface area contributed by atoms with Gasteiger partial charge in [0.15, 0.2) is 0 Å². The second-order valence-corrected chi connectivity index (χ2v) is 11.2. The van der Waals surface area contributed by atoms with Gasteiger partial charge < -0.3 is 0 Å². The fourth-order valence-corrected chi connectivity index (χ4v) is 8.30. The minimum absolute atomic E-state index is 0.553.